The van der Waals surface area contributed by atoms with E-state index in [0.717, 1.165) is 17.7 Å². The number of hydrogen-bond donors (Lipinski definition) is 3. The largest absolute Gasteiger partial charge is 0.484 e. The SMILES string of the molecule is CN(C)C=O.O=C(COc1ccc([N+](=O)[O-])cc1)NC(=O)Nc1n[nH]c(=S)s1. The normalized spacial score (nSPS) is 9.36. The number of anilines is 1. The number of benzene rings is 1. The number of aromatic amines is 1. The number of ether oxygens (including phenoxy) is 1. The Balaban J connectivity index is 0.000000696. The van der Waals surface area contributed by atoms with Crippen LogP contribution in [0, 0.1) is 14.1 Å². The second kappa shape index (κ2) is 11.3. The molecule has 14 heteroatoms. The number of nitro benzene ring substituents is 1. The van der Waals surface area contributed by atoms with Crippen LogP contribution in [-0.2, 0) is 9.59 Å². The van der Waals surface area contributed by atoms with Crippen LogP contribution in [-0.4, -0.2) is 59.1 Å². The molecule has 28 heavy (non-hydrogen) atoms. The van der Waals surface area contributed by atoms with Gasteiger partial charge in [-0.15, -0.1) is 5.10 Å². The van der Waals surface area contributed by atoms with Crippen molar-refractivity contribution in [3.8, 4) is 5.75 Å². The minimum atomic E-state index is -0.778. The smallest absolute Gasteiger partial charge is 0.327 e. The molecule has 0 aliphatic carbocycles. The van der Waals surface area contributed by atoms with Crippen LogP contribution in [0.15, 0.2) is 24.3 Å². The van der Waals surface area contributed by atoms with Gasteiger partial charge in [0.2, 0.25) is 11.5 Å². The molecule has 0 unspecified atom stereocenters. The third kappa shape index (κ3) is 8.81. The fourth-order valence-corrected chi connectivity index (χ4v) is 2.17. The average Bonchev–Trinajstić information content (AvgIpc) is 3.05. The van der Waals surface area contributed by atoms with Crippen molar-refractivity contribution < 1.29 is 24.0 Å². The summed E-state index contributed by atoms with van der Waals surface area (Å²) in [6.07, 6.45) is 0.750. The molecule has 0 aliphatic heterocycles. The van der Waals surface area contributed by atoms with E-state index in [1.54, 1.807) is 14.1 Å². The number of hydrogen-bond acceptors (Lipinski definition) is 9. The molecule has 0 atom stereocenters. The molecule has 1 aromatic carbocycles. The Bertz CT molecular complexity index is 879. The highest BCUT2D eigenvalue weighted by atomic mass is 32.1. The number of imide groups is 1. The number of carbonyl (C=O) groups is 3. The lowest BCUT2D eigenvalue weighted by atomic mass is 10.3. The molecular formula is C14H16N6O6S2. The monoisotopic (exact) mass is 428 g/mol. The van der Waals surface area contributed by atoms with Crippen molar-refractivity contribution in [1.29, 1.82) is 0 Å². The van der Waals surface area contributed by atoms with E-state index in [9.17, 15) is 24.5 Å². The number of nitro groups is 1. The van der Waals surface area contributed by atoms with Crippen molar-refractivity contribution in [3.05, 3.63) is 38.3 Å². The zero-order valence-corrected chi connectivity index (χ0v) is 16.3. The Kier molecular flexibility index (Phi) is 9.18. The molecule has 0 radical (unpaired) electrons. The summed E-state index contributed by atoms with van der Waals surface area (Å²) >= 11 is 5.83. The van der Waals surface area contributed by atoms with Crippen molar-refractivity contribution in [3.63, 3.8) is 0 Å². The van der Waals surface area contributed by atoms with Crippen LogP contribution in [0.1, 0.15) is 0 Å². The Morgan fingerprint density at radius 3 is 2.46 bits per heavy atom. The fourth-order valence-electron chi connectivity index (χ4n) is 1.39. The Morgan fingerprint density at radius 1 is 1.39 bits per heavy atom. The second-order valence-corrected chi connectivity index (χ2v) is 6.70. The van der Waals surface area contributed by atoms with Crippen molar-refractivity contribution >= 4 is 52.7 Å². The zero-order chi connectivity index (χ0) is 21.1. The lowest BCUT2D eigenvalue weighted by molar-refractivity contribution is -0.384. The number of aromatic nitrogens is 2. The van der Waals surface area contributed by atoms with Crippen LogP contribution in [0.5, 0.6) is 5.75 Å². The first kappa shape index (κ1) is 22.7. The summed E-state index contributed by atoms with van der Waals surface area (Å²) in [5, 5.41) is 21.2. The molecule has 150 valence electrons. The molecule has 0 saturated heterocycles. The molecule has 2 rings (SSSR count). The quantitative estimate of drug-likeness (QED) is 0.270. The average molecular weight is 428 g/mol. The lowest BCUT2D eigenvalue weighted by Crippen LogP contribution is -2.37. The van der Waals surface area contributed by atoms with E-state index in [-0.39, 0.29) is 16.6 Å². The van der Waals surface area contributed by atoms with Gasteiger partial charge in [0.15, 0.2) is 10.6 Å². The van der Waals surface area contributed by atoms with E-state index < -0.39 is 23.5 Å². The van der Waals surface area contributed by atoms with Gasteiger partial charge in [0.1, 0.15) is 5.75 Å². The summed E-state index contributed by atoms with van der Waals surface area (Å²) in [7, 11) is 3.38. The van der Waals surface area contributed by atoms with E-state index in [4.69, 9.17) is 17.0 Å². The van der Waals surface area contributed by atoms with Crippen LogP contribution in [0.25, 0.3) is 0 Å². The molecule has 0 aliphatic rings. The molecule has 0 spiro atoms. The lowest BCUT2D eigenvalue weighted by Gasteiger charge is -2.06. The van der Waals surface area contributed by atoms with Gasteiger partial charge in [-0.25, -0.2) is 4.79 Å². The molecule has 1 heterocycles. The number of nitrogens with zero attached hydrogens (tertiary/aromatic N) is 3. The fraction of sp³-hybridized carbons (Fsp3) is 0.214. The van der Waals surface area contributed by atoms with Gasteiger partial charge in [-0.2, -0.15) is 0 Å². The van der Waals surface area contributed by atoms with Crippen LogP contribution >= 0.6 is 23.6 Å². The first-order valence-corrected chi connectivity index (χ1v) is 8.59. The van der Waals surface area contributed by atoms with Gasteiger partial charge >= 0.3 is 6.03 Å². The molecule has 1 aromatic heterocycles. The standard InChI is InChI=1S/C11H9N5O5S2.C3H7NO/c17-8(12-9(18)13-10-14-15-11(22)23-10)5-21-7-3-1-6(2-4-7)16(19)20;1-4(2)3-5/h1-4H,5H2,(H,15,22)(H2,12,13,14,17,18);3H,1-2H3. The third-order valence-electron chi connectivity index (χ3n) is 2.54. The summed E-state index contributed by atoms with van der Waals surface area (Å²) in [6.45, 7) is -0.429. The number of carbonyl (C=O) groups excluding carboxylic acids is 3. The molecule has 2 aromatic rings. The number of amides is 4. The van der Waals surface area contributed by atoms with Crippen LogP contribution in [0.4, 0.5) is 15.6 Å². The van der Waals surface area contributed by atoms with Gasteiger partial charge in [0.25, 0.3) is 11.6 Å². The molecule has 3 N–H and O–H groups in total. The van der Waals surface area contributed by atoms with Gasteiger partial charge in [0, 0.05) is 26.2 Å². The van der Waals surface area contributed by atoms with Crippen molar-refractivity contribution in [2.45, 2.75) is 0 Å². The van der Waals surface area contributed by atoms with E-state index in [0.29, 0.717) is 3.95 Å². The van der Waals surface area contributed by atoms with Gasteiger partial charge in [-0.05, 0) is 24.4 Å². The maximum absolute atomic E-state index is 11.5. The number of non-ortho nitro benzene ring substituents is 1. The summed E-state index contributed by atoms with van der Waals surface area (Å²) < 4.78 is 5.49. The van der Waals surface area contributed by atoms with Crippen molar-refractivity contribution in [2.24, 2.45) is 0 Å². The topological polar surface area (TPSA) is 160 Å². The molecule has 0 fully saturated rings. The van der Waals surface area contributed by atoms with Gasteiger partial charge in [-0.3, -0.25) is 35.4 Å². The van der Waals surface area contributed by atoms with Gasteiger partial charge in [-0.1, -0.05) is 11.3 Å². The number of nitrogens with one attached hydrogen (secondary N) is 3. The maximum Gasteiger partial charge on any atom is 0.327 e. The molecular weight excluding hydrogens is 412 g/mol. The Hall–Kier alpha value is -3.39. The van der Waals surface area contributed by atoms with Gasteiger partial charge < -0.3 is 9.64 Å². The van der Waals surface area contributed by atoms with Crippen LogP contribution < -0.4 is 15.4 Å². The summed E-state index contributed by atoms with van der Waals surface area (Å²) in [6, 6.07) is 4.40. The predicted molar refractivity (Wildman–Crippen MR) is 103 cm³/mol. The highest BCUT2D eigenvalue weighted by molar-refractivity contribution is 7.73. The maximum atomic E-state index is 11.5. The van der Waals surface area contributed by atoms with Crippen LogP contribution in [0.3, 0.4) is 0 Å². The first-order chi connectivity index (χ1) is 13.2. The molecule has 0 saturated carbocycles. The zero-order valence-electron chi connectivity index (χ0n) is 14.7. The van der Waals surface area contributed by atoms with Gasteiger partial charge in [0.05, 0.1) is 4.92 Å². The second-order valence-electron chi connectivity index (χ2n) is 5.03. The van der Waals surface area contributed by atoms with E-state index in [1.807, 2.05) is 5.32 Å². The minimum Gasteiger partial charge on any atom is -0.484 e. The van der Waals surface area contributed by atoms with E-state index in [2.05, 4.69) is 15.5 Å². The Morgan fingerprint density at radius 2 is 2.00 bits per heavy atom. The molecule has 0 bridgehead atoms. The summed E-state index contributed by atoms with van der Waals surface area (Å²) in [5.74, 6) is -0.434. The number of rotatable bonds is 6. The van der Waals surface area contributed by atoms with Crippen LogP contribution in [0.2, 0.25) is 0 Å². The number of H-pyrrole nitrogens is 1. The highest BCUT2D eigenvalue weighted by Crippen LogP contribution is 2.17. The van der Waals surface area contributed by atoms with E-state index in [1.165, 1.54) is 29.2 Å². The first-order valence-electron chi connectivity index (χ1n) is 7.36. The van der Waals surface area contributed by atoms with E-state index >= 15 is 0 Å². The third-order valence-corrected chi connectivity index (χ3v) is 3.54. The summed E-state index contributed by atoms with van der Waals surface area (Å²) in [4.78, 5) is 43.9. The number of urea groups is 1. The highest BCUT2D eigenvalue weighted by Gasteiger charge is 2.11. The molecule has 12 nitrogen and oxygen atoms in total. The van der Waals surface area contributed by atoms with Crippen molar-refractivity contribution in [2.75, 3.05) is 26.0 Å². The Labute approximate surface area is 167 Å². The van der Waals surface area contributed by atoms with Crippen molar-refractivity contribution in [1.82, 2.24) is 20.4 Å². The molecule has 4 amide bonds. The minimum absolute atomic E-state index is 0.0949. The predicted octanol–water partition coefficient (Wildman–Crippen LogP) is 1.54. The summed E-state index contributed by atoms with van der Waals surface area (Å²) in [5.41, 5.74) is -0.0949.